The first kappa shape index (κ1) is 20.3. The first-order chi connectivity index (χ1) is 15.0. The van der Waals surface area contributed by atoms with Gasteiger partial charge in [-0.05, 0) is 66.9 Å². The Balaban J connectivity index is 1.63. The second-order valence-electron chi connectivity index (χ2n) is 7.29. The van der Waals surface area contributed by atoms with Crippen molar-refractivity contribution in [2.45, 2.75) is 20.5 Å². The van der Waals surface area contributed by atoms with E-state index in [0.29, 0.717) is 23.7 Å². The van der Waals surface area contributed by atoms with Crippen LogP contribution in [0.4, 0.5) is 10.1 Å². The number of aryl methyl sites for hydroxylation is 2. The summed E-state index contributed by atoms with van der Waals surface area (Å²) in [5, 5.41) is 7.30. The van der Waals surface area contributed by atoms with Crippen molar-refractivity contribution in [3.05, 3.63) is 107 Å². The maximum Gasteiger partial charge on any atom is 0.280 e. The maximum absolute atomic E-state index is 13.3. The van der Waals surface area contributed by atoms with E-state index >= 15 is 0 Å². The fourth-order valence-corrected chi connectivity index (χ4v) is 3.09. The molecule has 0 aliphatic rings. The Morgan fingerprint density at radius 3 is 2.45 bits per heavy atom. The minimum absolute atomic E-state index is 0.151. The van der Waals surface area contributed by atoms with Gasteiger partial charge in [0.1, 0.15) is 12.4 Å². The molecule has 0 spiro atoms. The van der Waals surface area contributed by atoms with Gasteiger partial charge >= 0.3 is 0 Å². The van der Waals surface area contributed by atoms with Crippen LogP contribution in [0.5, 0.6) is 5.75 Å². The topological polar surface area (TPSA) is 56.2 Å². The van der Waals surface area contributed by atoms with Gasteiger partial charge in [-0.15, -0.1) is 0 Å². The van der Waals surface area contributed by atoms with Crippen LogP contribution < -0.4 is 10.1 Å². The van der Waals surface area contributed by atoms with Crippen molar-refractivity contribution >= 4 is 11.6 Å². The van der Waals surface area contributed by atoms with Crippen molar-refractivity contribution in [3.63, 3.8) is 0 Å². The van der Waals surface area contributed by atoms with Gasteiger partial charge < -0.3 is 10.1 Å². The van der Waals surface area contributed by atoms with E-state index in [2.05, 4.69) is 10.4 Å². The van der Waals surface area contributed by atoms with Gasteiger partial charge in [0.15, 0.2) is 11.4 Å². The average molecular weight is 415 g/mol. The predicted molar refractivity (Wildman–Crippen MR) is 118 cm³/mol. The molecular formula is C25H22FN3O2. The minimum Gasteiger partial charge on any atom is -0.485 e. The molecule has 0 atom stereocenters. The van der Waals surface area contributed by atoms with Crippen LogP contribution in [0, 0.1) is 19.7 Å². The van der Waals surface area contributed by atoms with Gasteiger partial charge in [0, 0.05) is 5.69 Å². The predicted octanol–water partition coefficient (Wildman–Crippen LogP) is 5.46. The van der Waals surface area contributed by atoms with E-state index in [1.807, 2.05) is 62.4 Å². The summed E-state index contributed by atoms with van der Waals surface area (Å²) in [7, 11) is 0. The van der Waals surface area contributed by atoms with Crippen LogP contribution in [0.3, 0.4) is 0 Å². The van der Waals surface area contributed by atoms with Crippen LogP contribution >= 0.6 is 0 Å². The van der Waals surface area contributed by atoms with Gasteiger partial charge in [-0.3, -0.25) is 4.79 Å². The first-order valence-corrected chi connectivity index (χ1v) is 9.90. The zero-order valence-electron chi connectivity index (χ0n) is 17.3. The molecule has 0 saturated heterocycles. The van der Waals surface area contributed by atoms with Crippen molar-refractivity contribution in [2.75, 3.05) is 5.32 Å². The molecule has 4 aromatic rings. The summed E-state index contributed by atoms with van der Waals surface area (Å²) >= 11 is 0. The monoisotopic (exact) mass is 415 g/mol. The standard InChI is InChI=1S/C25H22FN3O2/c1-17-8-11-21(14-18(17)2)27-25(30)24-23(31-16-19-6-4-3-5-7-19)15-29(28-24)22-12-9-20(26)10-13-22/h3-15H,16H2,1-2H3,(H,27,30). The third-order valence-corrected chi connectivity index (χ3v) is 4.99. The Kier molecular flexibility index (Phi) is 5.80. The van der Waals surface area contributed by atoms with E-state index in [4.69, 9.17) is 4.74 Å². The average Bonchev–Trinajstić information content (AvgIpc) is 3.20. The molecule has 1 amide bonds. The summed E-state index contributed by atoms with van der Waals surface area (Å²) in [5.74, 6) is -0.383. The van der Waals surface area contributed by atoms with Gasteiger partial charge in [-0.2, -0.15) is 5.10 Å². The highest BCUT2D eigenvalue weighted by molar-refractivity contribution is 6.04. The Bertz CT molecular complexity index is 1200. The zero-order valence-corrected chi connectivity index (χ0v) is 17.3. The van der Waals surface area contributed by atoms with Crippen molar-refractivity contribution < 1.29 is 13.9 Å². The van der Waals surface area contributed by atoms with E-state index in [-0.39, 0.29) is 17.4 Å². The molecule has 1 N–H and O–H groups in total. The van der Waals surface area contributed by atoms with Gasteiger partial charge in [0.2, 0.25) is 0 Å². The highest BCUT2D eigenvalue weighted by Gasteiger charge is 2.20. The van der Waals surface area contributed by atoms with Crippen LogP contribution in [0.25, 0.3) is 5.69 Å². The molecular weight excluding hydrogens is 393 g/mol. The molecule has 5 nitrogen and oxygen atoms in total. The Labute approximate surface area is 180 Å². The third kappa shape index (κ3) is 4.80. The highest BCUT2D eigenvalue weighted by atomic mass is 19.1. The normalized spacial score (nSPS) is 10.7. The molecule has 1 heterocycles. The van der Waals surface area contributed by atoms with Gasteiger partial charge in [0.25, 0.3) is 5.91 Å². The number of hydrogen-bond acceptors (Lipinski definition) is 3. The molecule has 4 rings (SSSR count). The smallest absolute Gasteiger partial charge is 0.280 e. The molecule has 3 aromatic carbocycles. The lowest BCUT2D eigenvalue weighted by atomic mass is 10.1. The minimum atomic E-state index is -0.382. The van der Waals surface area contributed by atoms with Crippen LogP contribution in [-0.4, -0.2) is 15.7 Å². The van der Waals surface area contributed by atoms with Gasteiger partial charge in [-0.1, -0.05) is 36.4 Å². The molecule has 0 fully saturated rings. The number of benzene rings is 3. The molecule has 1 aromatic heterocycles. The van der Waals surface area contributed by atoms with Crippen LogP contribution in [0.2, 0.25) is 0 Å². The number of carbonyl (C=O) groups is 1. The first-order valence-electron chi connectivity index (χ1n) is 9.90. The summed E-state index contributed by atoms with van der Waals surface area (Å²) in [5.41, 5.74) is 4.64. The van der Waals surface area contributed by atoms with Crippen LogP contribution in [-0.2, 0) is 6.61 Å². The van der Waals surface area contributed by atoms with Gasteiger partial charge in [0.05, 0.1) is 11.9 Å². The zero-order chi connectivity index (χ0) is 21.8. The van der Waals surface area contributed by atoms with E-state index in [9.17, 15) is 9.18 Å². The number of amides is 1. The third-order valence-electron chi connectivity index (χ3n) is 4.99. The Morgan fingerprint density at radius 1 is 1.00 bits per heavy atom. The number of nitrogens with zero attached hydrogens (tertiary/aromatic N) is 2. The summed E-state index contributed by atoms with van der Waals surface area (Å²) in [4.78, 5) is 13.0. The second-order valence-corrected chi connectivity index (χ2v) is 7.29. The lowest BCUT2D eigenvalue weighted by Crippen LogP contribution is -2.14. The number of nitrogens with one attached hydrogen (secondary N) is 1. The fraction of sp³-hybridized carbons (Fsp3) is 0.120. The number of hydrogen-bond donors (Lipinski definition) is 1. The van der Waals surface area contributed by atoms with Crippen molar-refractivity contribution in [3.8, 4) is 11.4 Å². The summed E-state index contributed by atoms with van der Waals surface area (Å²) in [6.45, 7) is 4.29. The maximum atomic E-state index is 13.3. The largest absolute Gasteiger partial charge is 0.485 e. The Morgan fingerprint density at radius 2 is 1.74 bits per heavy atom. The van der Waals surface area contributed by atoms with E-state index in [0.717, 1.165) is 16.7 Å². The lowest BCUT2D eigenvalue weighted by molar-refractivity contribution is 0.101. The van der Waals surface area contributed by atoms with Crippen LogP contribution in [0.1, 0.15) is 27.2 Å². The number of rotatable bonds is 6. The number of ether oxygens (including phenoxy) is 1. The molecule has 0 aliphatic heterocycles. The molecule has 31 heavy (non-hydrogen) atoms. The molecule has 6 heteroatoms. The number of anilines is 1. The summed E-state index contributed by atoms with van der Waals surface area (Å²) in [6.07, 6.45) is 1.63. The van der Waals surface area contributed by atoms with E-state index in [1.54, 1.807) is 18.3 Å². The van der Waals surface area contributed by atoms with E-state index in [1.165, 1.54) is 16.8 Å². The molecule has 0 unspecified atom stereocenters. The molecule has 0 bridgehead atoms. The van der Waals surface area contributed by atoms with Crippen LogP contribution in [0.15, 0.2) is 79.0 Å². The summed E-state index contributed by atoms with van der Waals surface area (Å²) < 4.78 is 20.7. The number of carbonyl (C=O) groups excluding carboxylic acids is 1. The molecule has 0 radical (unpaired) electrons. The fourth-order valence-electron chi connectivity index (χ4n) is 3.09. The Hall–Kier alpha value is -3.93. The quantitative estimate of drug-likeness (QED) is 0.455. The molecule has 0 saturated carbocycles. The van der Waals surface area contributed by atoms with Crippen molar-refractivity contribution in [1.82, 2.24) is 9.78 Å². The number of halogens is 1. The van der Waals surface area contributed by atoms with Crippen molar-refractivity contribution in [1.29, 1.82) is 0 Å². The molecule has 0 aliphatic carbocycles. The lowest BCUT2D eigenvalue weighted by Gasteiger charge is -2.08. The number of aromatic nitrogens is 2. The summed E-state index contributed by atoms with van der Waals surface area (Å²) in [6, 6.07) is 21.2. The van der Waals surface area contributed by atoms with Crippen molar-refractivity contribution in [2.24, 2.45) is 0 Å². The molecule has 156 valence electrons. The van der Waals surface area contributed by atoms with E-state index < -0.39 is 0 Å². The van der Waals surface area contributed by atoms with Gasteiger partial charge in [-0.25, -0.2) is 9.07 Å². The highest BCUT2D eigenvalue weighted by Crippen LogP contribution is 2.23. The SMILES string of the molecule is Cc1ccc(NC(=O)c2nn(-c3ccc(F)cc3)cc2OCc2ccccc2)cc1C. The second kappa shape index (κ2) is 8.83.